The summed E-state index contributed by atoms with van der Waals surface area (Å²) < 4.78 is 7.63. The third kappa shape index (κ3) is 3.63. The highest BCUT2D eigenvalue weighted by molar-refractivity contribution is 5.88. The molecule has 5 nitrogen and oxygen atoms in total. The molecule has 4 aromatic rings. The van der Waals surface area contributed by atoms with Gasteiger partial charge in [-0.3, -0.25) is 4.79 Å². The van der Waals surface area contributed by atoms with Crippen molar-refractivity contribution in [2.75, 3.05) is 7.05 Å². The maximum Gasteiger partial charge on any atom is 0.227 e. The summed E-state index contributed by atoms with van der Waals surface area (Å²) >= 11 is 0. The van der Waals surface area contributed by atoms with Crippen molar-refractivity contribution < 1.29 is 9.21 Å². The number of para-hydroxylation sites is 1. The lowest BCUT2D eigenvalue weighted by atomic mass is 10.0. The Morgan fingerprint density at radius 3 is 2.50 bits per heavy atom. The number of carbonyl (C=O) groups is 1. The molecule has 0 saturated carbocycles. The van der Waals surface area contributed by atoms with Crippen molar-refractivity contribution in [1.82, 2.24) is 14.7 Å². The number of carbonyl (C=O) groups excluding carboxylic acids is 1. The van der Waals surface area contributed by atoms with Gasteiger partial charge in [-0.1, -0.05) is 18.2 Å². The zero-order chi connectivity index (χ0) is 21.4. The number of amides is 1. The second kappa shape index (κ2) is 7.82. The Bertz CT molecular complexity index is 1220. The van der Waals surface area contributed by atoms with E-state index in [1.54, 1.807) is 11.2 Å². The molecule has 0 aliphatic heterocycles. The minimum absolute atomic E-state index is 0.0576. The Morgan fingerprint density at radius 1 is 1.07 bits per heavy atom. The summed E-state index contributed by atoms with van der Waals surface area (Å²) in [4.78, 5) is 14.7. The molecule has 0 radical (unpaired) electrons. The van der Waals surface area contributed by atoms with Crippen LogP contribution < -0.4 is 0 Å². The van der Waals surface area contributed by atoms with Crippen molar-refractivity contribution in [3.05, 3.63) is 82.4 Å². The van der Waals surface area contributed by atoms with Gasteiger partial charge < -0.3 is 9.32 Å². The van der Waals surface area contributed by atoms with E-state index < -0.39 is 0 Å². The van der Waals surface area contributed by atoms with Crippen LogP contribution in [0.3, 0.4) is 0 Å². The summed E-state index contributed by atoms with van der Waals surface area (Å²) in [5.74, 6) is 0.0576. The van der Waals surface area contributed by atoms with Gasteiger partial charge in [-0.05, 0) is 63.1 Å². The van der Waals surface area contributed by atoms with Gasteiger partial charge in [-0.25, -0.2) is 4.68 Å². The van der Waals surface area contributed by atoms with Crippen LogP contribution in [0.2, 0.25) is 0 Å². The lowest BCUT2D eigenvalue weighted by molar-refractivity contribution is -0.129. The standard InChI is InChI=1S/C25H27N3O2/c1-16-11-22-20(15-30-24(22)12-17(16)2)13-25(29)27(5)14-23-18(3)26-28(19(23)4)21-9-7-6-8-10-21/h6-12,15H,13-14H2,1-5H3. The number of fused-ring (bicyclic) bond motifs is 1. The zero-order valence-electron chi connectivity index (χ0n) is 18.2. The molecule has 4 rings (SSSR count). The second-order valence-corrected chi connectivity index (χ2v) is 8.02. The molecular formula is C25H27N3O2. The highest BCUT2D eigenvalue weighted by atomic mass is 16.3. The highest BCUT2D eigenvalue weighted by Crippen LogP contribution is 2.26. The van der Waals surface area contributed by atoms with E-state index in [-0.39, 0.29) is 5.91 Å². The van der Waals surface area contributed by atoms with Crippen LogP contribution >= 0.6 is 0 Å². The normalized spacial score (nSPS) is 11.2. The van der Waals surface area contributed by atoms with Gasteiger partial charge in [-0.2, -0.15) is 5.10 Å². The number of benzene rings is 2. The molecule has 1 amide bonds. The van der Waals surface area contributed by atoms with E-state index in [1.807, 2.05) is 55.1 Å². The van der Waals surface area contributed by atoms with Crippen LogP contribution in [-0.4, -0.2) is 27.6 Å². The summed E-state index contributed by atoms with van der Waals surface area (Å²) in [6.07, 6.45) is 2.02. The summed E-state index contributed by atoms with van der Waals surface area (Å²) in [5.41, 5.74) is 8.25. The molecule has 2 heterocycles. The average Bonchev–Trinajstić information content (AvgIpc) is 3.24. The molecule has 30 heavy (non-hydrogen) atoms. The fraction of sp³-hybridized carbons (Fsp3) is 0.280. The van der Waals surface area contributed by atoms with Crippen LogP contribution in [0.25, 0.3) is 16.7 Å². The van der Waals surface area contributed by atoms with Gasteiger partial charge in [0.15, 0.2) is 0 Å². The number of hydrogen-bond donors (Lipinski definition) is 0. The summed E-state index contributed by atoms with van der Waals surface area (Å²) in [7, 11) is 1.85. The lowest BCUT2D eigenvalue weighted by Gasteiger charge is -2.17. The molecule has 154 valence electrons. The van der Waals surface area contributed by atoms with E-state index in [4.69, 9.17) is 9.52 Å². The topological polar surface area (TPSA) is 51.3 Å². The quantitative estimate of drug-likeness (QED) is 0.470. The molecule has 0 fully saturated rings. The Hall–Kier alpha value is -3.34. The van der Waals surface area contributed by atoms with Crippen LogP contribution in [0.1, 0.15) is 33.6 Å². The maximum absolute atomic E-state index is 13.0. The Labute approximate surface area is 176 Å². The van der Waals surface area contributed by atoms with Gasteiger partial charge in [0.2, 0.25) is 5.91 Å². The highest BCUT2D eigenvalue weighted by Gasteiger charge is 2.19. The van der Waals surface area contributed by atoms with E-state index in [0.717, 1.165) is 39.2 Å². The van der Waals surface area contributed by atoms with Crippen molar-refractivity contribution in [3.8, 4) is 5.69 Å². The number of furan rings is 1. The first-order valence-corrected chi connectivity index (χ1v) is 10.2. The molecular weight excluding hydrogens is 374 g/mol. The summed E-state index contributed by atoms with van der Waals surface area (Å²) in [5, 5.41) is 5.71. The van der Waals surface area contributed by atoms with Crippen molar-refractivity contribution >= 4 is 16.9 Å². The SMILES string of the molecule is Cc1cc2occ(CC(=O)N(C)Cc3c(C)nn(-c4ccccc4)c3C)c2cc1C. The number of likely N-dealkylation sites (N-methyl/N-ethyl adjacent to an activating group) is 1. The molecule has 5 heteroatoms. The predicted octanol–water partition coefficient (Wildman–Crippen LogP) is 5.05. The Morgan fingerprint density at radius 2 is 1.77 bits per heavy atom. The van der Waals surface area contributed by atoms with Gasteiger partial charge in [-0.15, -0.1) is 0 Å². The van der Waals surface area contributed by atoms with Gasteiger partial charge in [0.05, 0.1) is 24.1 Å². The van der Waals surface area contributed by atoms with Gasteiger partial charge in [0.25, 0.3) is 0 Å². The zero-order valence-corrected chi connectivity index (χ0v) is 18.2. The van der Waals surface area contributed by atoms with E-state index in [0.29, 0.717) is 13.0 Å². The van der Waals surface area contributed by atoms with Crippen LogP contribution in [-0.2, 0) is 17.8 Å². The minimum Gasteiger partial charge on any atom is -0.464 e. The van der Waals surface area contributed by atoms with Crippen molar-refractivity contribution in [2.24, 2.45) is 0 Å². The van der Waals surface area contributed by atoms with Crippen LogP contribution in [0, 0.1) is 27.7 Å². The van der Waals surface area contributed by atoms with Crippen molar-refractivity contribution in [3.63, 3.8) is 0 Å². The van der Waals surface area contributed by atoms with Gasteiger partial charge in [0.1, 0.15) is 5.58 Å². The summed E-state index contributed by atoms with van der Waals surface area (Å²) in [6, 6.07) is 14.2. The second-order valence-electron chi connectivity index (χ2n) is 8.02. The predicted molar refractivity (Wildman–Crippen MR) is 119 cm³/mol. The molecule has 0 N–H and O–H groups in total. The first-order valence-electron chi connectivity index (χ1n) is 10.2. The van der Waals surface area contributed by atoms with Crippen molar-refractivity contribution in [1.29, 1.82) is 0 Å². The fourth-order valence-corrected chi connectivity index (χ4v) is 3.82. The largest absolute Gasteiger partial charge is 0.464 e. The number of rotatable bonds is 5. The molecule has 2 aromatic carbocycles. The molecule has 0 aliphatic rings. The smallest absolute Gasteiger partial charge is 0.227 e. The number of aryl methyl sites for hydroxylation is 3. The third-order valence-electron chi connectivity index (χ3n) is 5.87. The van der Waals surface area contributed by atoms with Crippen LogP contribution in [0.5, 0.6) is 0 Å². The van der Waals surface area contributed by atoms with E-state index in [9.17, 15) is 4.79 Å². The maximum atomic E-state index is 13.0. The molecule has 0 atom stereocenters. The Kier molecular flexibility index (Phi) is 5.20. The van der Waals surface area contributed by atoms with Gasteiger partial charge >= 0.3 is 0 Å². The first-order chi connectivity index (χ1) is 14.3. The van der Waals surface area contributed by atoms with E-state index >= 15 is 0 Å². The number of aromatic nitrogens is 2. The lowest BCUT2D eigenvalue weighted by Crippen LogP contribution is -2.28. The molecule has 0 aliphatic carbocycles. The molecule has 0 spiro atoms. The van der Waals surface area contributed by atoms with Crippen molar-refractivity contribution in [2.45, 2.75) is 40.7 Å². The fourth-order valence-electron chi connectivity index (χ4n) is 3.82. The van der Waals surface area contributed by atoms with Crippen LogP contribution in [0.15, 0.2) is 53.1 Å². The number of nitrogens with zero attached hydrogens (tertiary/aromatic N) is 3. The third-order valence-corrected chi connectivity index (χ3v) is 5.87. The number of hydrogen-bond acceptors (Lipinski definition) is 3. The molecule has 0 bridgehead atoms. The average molecular weight is 402 g/mol. The summed E-state index contributed by atoms with van der Waals surface area (Å²) in [6.45, 7) is 8.72. The minimum atomic E-state index is 0.0576. The molecule has 0 saturated heterocycles. The Balaban J connectivity index is 1.53. The molecule has 0 unspecified atom stereocenters. The van der Waals surface area contributed by atoms with E-state index in [2.05, 4.69) is 26.8 Å². The van der Waals surface area contributed by atoms with Crippen LogP contribution in [0.4, 0.5) is 0 Å². The molecule has 2 aromatic heterocycles. The monoisotopic (exact) mass is 401 g/mol. The van der Waals surface area contributed by atoms with E-state index in [1.165, 1.54) is 11.1 Å². The first kappa shape index (κ1) is 20.0. The van der Waals surface area contributed by atoms with Gasteiger partial charge in [0, 0.05) is 35.8 Å².